The van der Waals surface area contributed by atoms with Crippen LogP contribution < -0.4 is 20.7 Å². The van der Waals surface area contributed by atoms with E-state index in [2.05, 4.69) is 34.7 Å². The molecule has 4 fully saturated rings. The molecule has 15 heteroatoms. The third-order valence-corrected chi connectivity index (χ3v) is 12.8. The number of aromatic nitrogens is 4. The highest BCUT2D eigenvalue weighted by atomic mass is 16.5. The van der Waals surface area contributed by atoms with Gasteiger partial charge in [-0.25, -0.2) is 14.6 Å². The van der Waals surface area contributed by atoms with Crippen LogP contribution in [-0.4, -0.2) is 116 Å². The Morgan fingerprint density at radius 2 is 1.49 bits per heavy atom. The van der Waals surface area contributed by atoms with Gasteiger partial charge >= 0.3 is 0 Å². The molecule has 3 aromatic carbocycles. The Hall–Kier alpha value is -6.19. The van der Waals surface area contributed by atoms with Crippen LogP contribution >= 0.6 is 0 Å². The molecule has 1 unspecified atom stereocenters. The van der Waals surface area contributed by atoms with Crippen molar-refractivity contribution in [3.63, 3.8) is 0 Å². The third-order valence-electron chi connectivity index (χ3n) is 12.8. The minimum absolute atomic E-state index is 0.0985. The lowest BCUT2D eigenvalue weighted by atomic mass is 9.94. The number of imide groups is 2. The van der Waals surface area contributed by atoms with Crippen molar-refractivity contribution in [1.82, 2.24) is 39.8 Å². The van der Waals surface area contributed by atoms with E-state index in [0.717, 1.165) is 116 Å². The van der Waals surface area contributed by atoms with Gasteiger partial charge in [-0.2, -0.15) is 5.10 Å². The molecule has 2 aromatic heterocycles. The molecule has 59 heavy (non-hydrogen) atoms. The number of hydrogen-bond donors (Lipinski definition) is 2. The highest BCUT2D eigenvalue weighted by molar-refractivity contribution is 6.25. The Morgan fingerprint density at radius 1 is 0.763 bits per heavy atom. The molecular weight excluding hydrogens is 749 g/mol. The molecular formula is C44H46N10O5. The van der Waals surface area contributed by atoms with E-state index in [-0.39, 0.29) is 24.8 Å². The minimum Gasteiger partial charge on any atom is -0.457 e. The van der Waals surface area contributed by atoms with Crippen molar-refractivity contribution in [2.75, 3.05) is 56.4 Å². The summed E-state index contributed by atoms with van der Waals surface area (Å²) < 4.78 is 8.09. The van der Waals surface area contributed by atoms with Crippen molar-refractivity contribution in [3.8, 4) is 22.8 Å². The molecule has 1 atom stereocenters. The molecule has 0 saturated carbocycles. The van der Waals surface area contributed by atoms with Gasteiger partial charge in [0.1, 0.15) is 35.4 Å². The molecule has 3 N–H and O–H groups in total. The Kier molecular flexibility index (Phi) is 9.56. The van der Waals surface area contributed by atoms with E-state index >= 15 is 0 Å². The van der Waals surface area contributed by atoms with E-state index in [1.165, 1.54) is 6.33 Å². The van der Waals surface area contributed by atoms with Crippen LogP contribution in [-0.2, 0) is 9.59 Å². The fourth-order valence-corrected chi connectivity index (χ4v) is 9.73. The zero-order valence-electron chi connectivity index (χ0n) is 32.7. The Morgan fingerprint density at radius 3 is 2.24 bits per heavy atom. The summed E-state index contributed by atoms with van der Waals surface area (Å²) in [7, 11) is 0. The van der Waals surface area contributed by atoms with Gasteiger partial charge in [0.05, 0.1) is 28.2 Å². The monoisotopic (exact) mass is 794 g/mol. The second kappa shape index (κ2) is 15.2. The third kappa shape index (κ3) is 6.87. The topological polar surface area (TPSA) is 172 Å². The number of amides is 4. The van der Waals surface area contributed by atoms with Gasteiger partial charge in [0, 0.05) is 56.7 Å². The van der Waals surface area contributed by atoms with Crippen LogP contribution in [0.3, 0.4) is 0 Å². The van der Waals surface area contributed by atoms with Gasteiger partial charge in [-0.1, -0.05) is 24.3 Å². The van der Waals surface area contributed by atoms with E-state index in [1.807, 2.05) is 60.7 Å². The minimum atomic E-state index is -0.970. The number of rotatable bonds is 9. The summed E-state index contributed by atoms with van der Waals surface area (Å²) in [5.74, 6) is 0.505. The van der Waals surface area contributed by atoms with Crippen LogP contribution in [0.5, 0.6) is 11.5 Å². The number of piperidine rings is 3. The SMILES string of the molecule is Nc1ncnc2c1c(-c1ccc(Oc3ccccc3)cc1)nn2C1CCN(C2CCN(CC3CN(c4cccc5c4C(=O)N(C4CCC(=O)NC4=O)C5=O)C3)CC2)CC1. The fourth-order valence-electron chi connectivity index (χ4n) is 9.73. The summed E-state index contributed by atoms with van der Waals surface area (Å²) in [6.07, 6.45) is 5.98. The molecule has 5 aliphatic rings. The number of nitrogens with zero attached hydrogens (tertiary/aromatic N) is 8. The molecule has 7 heterocycles. The van der Waals surface area contributed by atoms with E-state index in [0.29, 0.717) is 28.9 Å². The van der Waals surface area contributed by atoms with Gasteiger partial charge in [-0.15, -0.1) is 0 Å². The Labute approximate surface area is 341 Å². The van der Waals surface area contributed by atoms with Gasteiger partial charge in [-0.05, 0) is 93.7 Å². The van der Waals surface area contributed by atoms with Crippen molar-refractivity contribution in [2.24, 2.45) is 5.92 Å². The molecule has 4 saturated heterocycles. The first-order chi connectivity index (χ1) is 28.8. The second-order valence-corrected chi connectivity index (χ2v) is 16.4. The van der Waals surface area contributed by atoms with E-state index in [1.54, 1.807) is 12.1 Å². The molecule has 4 amide bonds. The number of carbonyl (C=O) groups excluding carboxylic acids is 4. The van der Waals surface area contributed by atoms with Crippen LogP contribution in [0.1, 0.15) is 65.3 Å². The molecule has 5 aromatic rings. The number of anilines is 2. The number of nitrogen functional groups attached to an aromatic ring is 1. The average Bonchev–Trinajstić information content (AvgIpc) is 3.76. The molecule has 0 spiro atoms. The van der Waals surface area contributed by atoms with Crippen LogP contribution in [0.4, 0.5) is 11.5 Å². The van der Waals surface area contributed by atoms with Crippen LogP contribution in [0, 0.1) is 5.92 Å². The van der Waals surface area contributed by atoms with Crippen molar-refractivity contribution < 1.29 is 23.9 Å². The largest absolute Gasteiger partial charge is 0.457 e. The zero-order valence-corrected chi connectivity index (χ0v) is 32.7. The number of carbonyl (C=O) groups is 4. The van der Waals surface area contributed by atoms with Gasteiger partial charge in [-0.3, -0.25) is 29.4 Å². The van der Waals surface area contributed by atoms with E-state index in [9.17, 15) is 19.2 Å². The summed E-state index contributed by atoms with van der Waals surface area (Å²) in [5.41, 5.74) is 10.4. The molecule has 302 valence electrons. The number of nitrogens with one attached hydrogen (secondary N) is 1. The lowest BCUT2D eigenvalue weighted by Gasteiger charge is -2.46. The maximum Gasteiger partial charge on any atom is 0.264 e. The van der Waals surface area contributed by atoms with Gasteiger partial charge < -0.3 is 25.2 Å². The summed E-state index contributed by atoms with van der Waals surface area (Å²) >= 11 is 0. The smallest absolute Gasteiger partial charge is 0.264 e. The van der Waals surface area contributed by atoms with Crippen LogP contribution in [0.2, 0.25) is 0 Å². The maximum absolute atomic E-state index is 13.6. The summed E-state index contributed by atoms with van der Waals surface area (Å²) in [4.78, 5) is 68.6. The lowest BCUT2D eigenvalue weighted by Crippen LogP contribution is -2.55. The summed E-state index contributed by atoms with van der Waals surface area (Å²) in [6, 6.07) is 22.8. The molecule has 0 aliphatic carbocycles. The maximum atomic E-state index is 13.6. The highest BCUT2D eigenvalue weighted by Gasteiger charge is 2.47. The molecule has 10 rings (SSSR count). The normalized spacial score (nSPS) is 21.3. The first-order valence-corrected chi connectivity index (χ1v) is 20.7. The van der Waals surface area contributed by atoms with Gasteiger partial charge in [0.2, 0.25) is 11.8 Å². The predicted octanol–water partition coefficient (Wildman–Crippen LogP) is 4.51. The number of benzene rings is 3. The molecule has 0 radical (unpaired) electrons. The predicted molar refractivity (Wildman–Crippen MR) is 220 cm³/mol. The number of nitrogens with two attached hydrogens (primary N) is 1. The average molecular weight is 795 g/mol. The molecule has 5 aliphatic heterocycles. The van der Waals surface area contributed by atoms with E-state index in [4.69, 9.17) is 15.6 Å². The number of hydrogen-bond acceptors (Lipinski definition) is 12. The number of likely N-dealkylation sites (tertiary alicyclic amines) is 2. The number of ether oxygens (including phenoxy) is 1. The first kappa shape index (κ1) is 37.1. The summed E-state index contributed by atoms with van der Waals surface area (Å²) in [5, 5.41) is 8.18. The molecule has 0 bridgehead atoms. The number of para-hydroxylation sites is 1. The standard InChI is InChI=1S/C44H46N10O5/c45-40-38-39(28-9-11-32(12-10-28)59-31-5-2-1-3-6-31)49-54(41(38)47-26-46-40)30-17-21-51(22-18-30)29-15-19-50(20-16-29)23-27-24-52(25-27)34-8-4-7-33-37(34)44(58)53(43(33)57)35-13-14-36(55)48-42(35)56/h1-12,26-27,29-30,35H,13-25H2,(H2,45,46,47)(H,48,55,56). The van der Waals surface area contributed by atoms with Crippen LogP contribution in [0.25, 0.3) is 22.3 Å². The zero-order chi connectivity index (χ0) is 40.2. The Bertz CT molecular complexity index is 2430. The molecule has 15 nitrogen and oxygen atoms in total. The van der Waals surface area contributed by atoms with Crippen molar-refractivity contribution in [2.45, 2.75) is 56.7 Å². The fraction of sp³-hybridized carbons (Fsp3) is 0.386. The van der Waals surface area contributed by atoms with E-state index < -0.39 is 23.8 Å². The van der Waals surface area contributed by atoms with Crippen molar-refractivity contribution >= 4 is 46.2 Å². The quantitative estimate of drug-likeness (QED) is 0.201. The second-order valence-electron chi connectivity index (χ2n) is 16.4. The Balaban J connectivity index is 0.724. The number of fused-ring (bicyclic) bond motifs is 2. The lowest BCUT2D eigenvalue weighted by molar-refractivity contribution is -0.136. The van der Waals surface area contributed by atoms with Gasteiger partial charge in [0.25, 0.3) is 11.8 Å². The first-order valence-electron chi connectivity index (χ1n) is 20.7. The van der Waals surface area contributed by atoms with Crippen molar-refractivity contribution in [1.29, 1.82) is 0 Å². The van der Waals surface area contributed by atoms with Crippen LogP contribution in [0.15, 0.2) is 79.1 Å². The van der Waals surface area contributed by atoms with Gasteiger partial charge in [0.15, 0.2) is 5.65 Å². The van der Waals surface area contributed by atoms with Crippen molar-refractivity contribution in [3.05, 3.63) is 90.3 Å². The highest BCUT2D eigenvalue weighted by Crippen LogP contribution is 2.39. The summed E-state index contributed by atoms with van der Waals surface area (Å²) in [6.45, 7) is 6.70.